The maximum Gasteiger partial charge on any atom is 0.00703 e. The lowest BCUT2D eigenvalue weighted by Crippen LogP contribution is -2.40. The van der Waals surface area contributed by atoms with Crippen molar-refractivity contribution in [1.82, 2.24) is 5.32 Å². The lowest BCUT2D eigenvalue weighted by Gasteiger charge is -2.31. The molecule has 1 nitrogen and oxygen atoms in total. The number of hydrogen-bond acceptors (Lipinski definition) is 2. The minimum Gasteiger partial charge on any atom is -0.311 e. The third-order valence-electron chi connectivity index (χ3n) is 3.35. The Morgan fingerprint density at radius 1 is 1.13 bits per heavy atom. The molecule has 0 aromatic heterocycles. The summed E-state index contributed by atoms with van der Waals surface area (Å²) in [7, 11) is 0. The van der Waals surface area contributed by atoms with E-state index in [0.717, 1.165) is 17.2 Å². The minimum atomic E-state index is 0.695. The summed E-state index contributed by atoms with van der Waals surface area (Å²) in [4.78, 5) is 0. The quantitative estimate of drug-likeness (QED) is 0.772. The predicted octanol–water partition coefficient (Wildman–Crippen LogP) is 3.68. The van der Waals surface area contributed by atoms with Gasteiger partial charge in [-0.15, -0.1) is 0 Å². The van der Waals surface area contributed by atoms with Crippen molar-refractivity contribution in [1.29, 1.82) is 0 Å². The molecule has 0 amide bonds. The van der Waals surface area contributed by atoms with Gasteiger partial charge in [-0.3, -0.25) is 0 Å². The van der Waals surface area contributed by atoms with Crippen molar-refractivity contribution in [2.24, 2.45) is 5.92 Å². The molecule has 1 saturated carbocycles. The molecule has 1 aliphatic carbocycles. The predicted molar refractivity (Wildman–Crippen MR) is 71.6 cm³/mol. The van der Waals surface area contributed by atoms with Crippen LogP contribution in [0.3, 0.4) is 0 Å². The molecule has 1 aliphatic rings. The molecule has 1 N–H and O–H groups in total. The summed E-state index contributed by atoms with van der Waals surface area (Å²) in [5, 5.41) is 4.72. The third-order valence-corrected chi connectivity index (χ3v) is 4.49. The van der Waals surface area contributed by atoms with Crippen molar-refractivity contribution in [3.8, 4) is 0 Å². The molecule has 0 bridgehead atoms. The fourth-order valence-electron chi connectivity index (χ4n) is 2.64. The summed E-state index contributed by atoms with van der Waals surface area (Å²) >= 11 is 2.05. The molecule has 0 aliphatic heterocycles. The maximum absolute atomic E-state index is 3.79. The van der Waals surface area contributed by atoms with Crippen LogP contribution in [-0.4, -0.2) is 23.6 Å². The van der Waals surface area contributed by atoms with Gasteiger partial charge in [0.1, 0.15) is 0 Å². The molecule has 15 heavy (non-hydrogen) atoms. The van der Waals surface area contributed by atoms with E-state index in [2.05, 4.69) is 32.3 Å². The summed E-state index contributed by atoms with van der Waals surface area (Å²) in [5.41, 5.74) is 0. The third kappa shape index (κ3) is 5.26. The first kappa shape index (κ1) is 13.4. The van der Waals surface area contributed by atoms with Crippen LogP contribution in [0.1, 0.15) is 52.9 Å². The van der Waals surface area contributed by atoms with E-state index in [9.17, 15) is 0 Å². The van der Waals surface area contributed by atoms with Gasteiger partial charge in [-0.1, -0.05) is 13.8 Å². The lowest BCUT2D eigenvalue weighted by atomic mass is 9.93. The highest BCUT2D eigenvalue weighted by atomic mass is 32.2. The van der Waals surface area contributed by atoms with Crippen LogP contribution in [-0.2, 0) is 0 Å². The molecule has 0 aromatic carbocycles. The van der Waals surface area contributed by atoms with E-state index < -0.39 is 0 Å². The second kappa shape index (κ2) is 6.80. The van der Waals surface area contributed by atoms with Crippen LogP contribution in [0.15, 0.2) is 0 Å². The van der Waals surface area contributed by atoms with E-state index in [4.69, 9.17) is 0 Å². The standard InChI is InChI=1S/C13H27NS/c1-10(2)9-11(3)14-12-5-7-13(15-4)8-6-12/h10-14H,5-9H2,1-4H3. The van der Waals surface area contributed by atoms with Gasteiger partial charge in [-0.2, -0.15) is 11.8 Å². The van der Waals surface area contributed by atoms with Gasteiger partial charge < -0.3 is 5.32 Å². The SMILES string of the molecule is CSC1CCC(NC(C)CC(C)C)CC1. The number of thioether (sulfide) groups is 1. The first-order chi connectivity index (χ1) is 7.11. The lowest BCUT2D eigenvalue weighted by molar-refractivity contribution is 0.326. The van der Waals surface area contributed by atoms with Gasteiger partial charge in [0.15, 0.2) is 0 Å². The highest BCUT2D eigenvalue weighted by Crippen LogP contribution is 2.27. The highest BCUT2D eigenvalue weighted by Gasteiger charge is 2.21. The van der Waals surface area contributed by atoms with Crippen molar-refractivity contribution in [3.63, 3.8) is 0 Å². The van der Waals surface area contributed by atoms with Crippen molar-refractivity contribution in [2.45, 2.75) is 70.2 Å². The first-order valence-electron chi connectivity index (χ1n) is 6.40. The summed E-state index contributed by atoms with van der Waals surface area (Å²) in [6.07, 6.45) is 9.14. The topological polar surface area (TPSA) is 12.0 Å². The van der Waals surface area contributed by atoms with Crippen molar-refractivity contribution in [3.05, 3.63) is 0 Å². The Labute approximate surface area is 99.8 Å². The largest absolute Gasteiger partial charge is 0.311 e. The average molecular weight is 229 g/mol. The van der Waals surface area contributed by atoms with Crippen LogP contribution in [0.5, 0.6) is 0 Å². The van der Waals surface area contributed by atoms with Crippen LogP contribution >= 0.6 is 11.8 Å². The monoisotopic (exact) mass is 229 g/mol. The molecule has 1 fully saturated rings. The molecule has 0 saturated heterocycles. The Bertz CT molecular complexity index is 162. The summed E-state index contributed by atoms with van der Waals surface area (Å²) in [5.74, 6) is 0.815. The van der Waals surface area contributed by atoms with Crippen molar-refractivity contribution in [2.75, 3.05) is 6.26 Å². The summed E-state index contributed by atoms with van der Waals surface area (Å²) in [6, 6.07) is 1.49. The van der Waals surface area contributed by atoms with E-state index in [1.807, 2.05) is 11.8 Å². The molecular weight excluding hydrogens is 202 g/mol. The van der Waals surface area contributed by atoms with Gasteiger partial charge >= 0.3 is 0 Å². The zero-order chi connectivity index (χ0) is 11.3. The van der Waals surface area contributed by atoms with Crippen LogP contribution < -0.4 is 5.32 Å². The molecule has 0 spiro atoms. The van der Waals surface area contributed by atoms with Gasteiger partial charge in [0.25, 0.3) is 0 Å². The Balaban J connectivity index is 2.17. The molecular formula is C13H27NS. The Morgan fingerprint density at radius 2 is 1.73 bits per heavy atom. The molecule has 1 atom stereocenters. The normalized spacial score (nSPS) is 29.4. The van der Waals surface area contributed by atoms with E-state index in [1.165, 1.54) is 32.1 Å². The first-order valence-corrected chi connectivity index (χ1v) is 7.69. The smallest absolute Gasteiger partial charge is 0.00703 e. The highest BCUT2D eigenvalue weighted by molar-refractivity contribution is 7.99. The second-order valence-electron chi connectivity index (χ2n) is 5.41. The van der Waals surface area contributed by atoms with Crippen LogP contribution in [0.25, 0.3) is 0 Å². The molecule has 90 valence electrons. The zero-order valence-electron chi connectivity index (χ0n) is 10.8. The van der Waals surface area contributed by atoms with E-state index >= 15 is 0 Å². The molecule has 1 unspecified atom stereocenters. The maximum atomic E-state index is 3.79. The van der Waals surface area contributed by atoms with Gasteiger partial charge in [-0.05, 0) is 51.2 Å². The molecule has 0 aromatic rings. The fraction of sp³-hybridized carbons (Fsp3) is 1.00. The van der Waals surface area contributed by atoms with Gasteiger partial charge in [0, 0.05) is 17.3 Å². The Morgan fingerprint density at radius 3 is 2.20 bits per heavy atom. The average Bonchev–Trinajstić information content (AvgIpc) is 2.17. The fourth-order valence-corrected chi connectivity index (χ4v) is 3.39. The van der Waals surface area contributed by atoms with Crippen LogP contribution in [0.4, 0.5) is 0 Å². The number of rotatable bonds is 5. The van der Waals surface area contributed by atoms with Crippen LogP contribution in [0, 0.1) is 5.92 Å². The van der Waals surface area contributed by atoms with Crippen LogP contribution in [0.2, 0.25) is 0 Å². The Hall–Kier alpha value is 0.310. The zero-order valence-corrected chi connectivity index (χ0v) is 11.6. The molecule has 0 radical (unpaired) electrons. The number of hydrogen-bond donors (Lipinski definition) is 1. The van der Waals surface area contributed by atoms with E-state index in [-0.39, 0.29) is 0 Å². The van der Waals surface area contributed by atoms with Crippen molar-refractivity contribution < 1.29 is 0 Å². The molecule has 2 heteroatoms. The summed E-state index contributed by atoms with van der Waals surface area (Å²) in [6.45, 7) is 6.95. The van der Waals surface area contributed by atoms with E-state index in [0.29, 0.717) is 6.04 Å². The van der Waals surface area contributed by atoms with E-state index in [1.54, 1.807) is 0 Å². The van der Waals surface area contributed by atoms with Crippen molar-refractivity contribution >= 4 is 11.8 Å². The molecule has 0 heterocycles. The molecule has 1 rings (SSSR count). The number of nitrogens with one attached hydrogen (secondary N) is 1. The van der Waals surface area contributed by atoms with Gasteiger partial charge in [0.05, 0.1) is 0 Å². The Kier molecular flexibility index (Phi) is 6.06. The van der Waals surface area contributed by atoms with Gasteiger partial charge in [-0.25, -0.2) is 0 Å². The second-order valence-corrected chi connectivity index (χ2v) is 6.54. The van der Waals surface area contributed by atoms with Gasteiger partial charge in [0.2, 0.25) is 0 Å². The minimum absolute atomic E-state index is 0.695. The summed E-state index contributed by atoms with van der Waals surface area (Å²) < 4.78 is 0.